The Bertz CT molecular complexity index is 566. The van der Waals surface area contributed by atoms with E-state index in [0.717, 1.165) is 24.1 Å². The number of benzene rings is 1. The maximum Gasteiger partial charge on any atom is 0.129 e. The predicted molar refractivity (Wildman–Crippen MR) is 80.5 cm³/mol. The van der Waals surface area contributed by atoms with Gasteiger partial charge in [-0.1, -0.05) is 30.7 Å². The zero-order chi connectivity index (χ0) is 14.5. The smallest absolute Gasteiger partial charge is 0.129 e. The fraction of sp³-hybridized carbons (Fsp3) is 0.312. The molecule has 2 nitrogen and oxygen atoms in total. The number of nitrogens with zero attached hydrogens (tertiary/aromatic N) is 1. The highest BCUT2D eigenvalue weighted by atomic mass is 35.5. The molecule has 0 fully saturated rings. The number of hydrogen-bond donors (Lipinski definition) is 1. The number of aromatic nitrogens is 1. The van der Waals surface area contributed by atoms with Gasteiger partial charge in [0.1, 0.15) is 5.82 Å². The Kier molecular flexibility index (Phi) is 5.10. The largest absolute Gasteiger partial charge is 0.306 e. The van der Waals surface area contributed by atoms with E-state index >= 15 is 0 Å². The van der Waals surface area contributed by atoms with Crippen LogP contribution in [0.3, 0.4) is 0 Å². The average molecular weight is 293 g/mol. The molecule has 0 bridgehead atoms. The summed E-state index contributed by atoms with van der Waals surface area (Å²) in [5, 5.41) is 3.78. The van der Waals surface area contributed by atoms with Crippen LogP contribution in [0.15, 0.2) is 36.7 Å². The third-order valence-electron chi connectivity index (χ3n) is 3.12. The van der Waals surface area contributed by atoms with Gasteiger partial charge in [0.05, 0.1) is 6.04 Å². The third kappa shape index (κ3) is 3.35. The molecule has 0 amide bonds. The summed E-state index contributed by atoms with van der Waals surface area (Å²) in [6, 6.07) is 6.49. The molecule has 0 aliphatic heterocycles. The number of hydrogen-bond acceptors (Lipinski definition) is 2. The molecule has 0 saturated heterocycles. The minimum atomic E-state index is -0.299. The molecule has 1 atom stereocenters. The molecule has 0 aliphatic rings. The molecule has 0 radical (unpaired) electrons. The average Bonchev–Trinajstić information content (AvgIpc) is 2.42. The Balaban J connectivity index is 2.47. The second kappa shape index (κ2) is 6.82. The SMILES string of the molecule is CCCNC(c1cncc(C)c1)c1c(F)cccc1Cl. The first-order valence-electron chi connectivity index (χ1n) is 6.72. The molecule has 2 rings (SSSR count). The van der Waals surface area contributed by atoms with Gasteiger partial charge in [-0.15, -0.1) is 0 Å². The molecule has 1 N–H and O–H groups in total. The first-order chi connectivity index (χ1) is 9.63. The van der Waals surface area contributed by atoms with Crippen molar-refractivity contribution in [1.29, 1.82) is 0 Å². The van der Waals surface area contributed by atoms with Crippen LogP contribution >= 0.6 is 11.6 Å². The van der Waals surface area contributed by atoms with Gasteiger partial charge in [-0.2, -0.15) is 0 Å². The Morgan fingerprint density at radius 3 is 2.80 bits per heavy atom. The van der Waals surface area contributed by atoms with Gasteiger partial charge in [0.15, 0.2) is 0 Å². The van der Waals surface area contributed by atoms with Crippen LogP contribution in [-0.4, -0.2) is 11.5 Å². The number of halogens is 2. The van der Waals surface area contributed by atoms with Crippen molar-refractivity contribution in [2.24, 2.45) is 0 Å². The van der Waals surface area contributed by atoms with E-state index in [1.54, 1.807) is 24.5 Å². The van der Waals surface area contributed by atoms with Crippen molar-refractivity contribution < 1.29 is 4.39 Å². The summed E-state index contributed by atoms with van der Waals surface area (Å²) >= 11 is 6.19. The fourth-order valence-electron chi connectivity index (χ4n) is 2.20. The van der Waals surface area contributed by atoms with Crippen LogP contribution in [0.5, 0.6) is 0 Å². The molecular formula is C16H18ClFN2. The van der Waals surface area contributed by atoms with Crippen molar-refractivity contribution in [3.05, 3.63) is 64.2 Å². The Morgan fingerprint density at radius 1 is 1.35 bits per heavy atom. The summed E-state index contributed by atoms with van der Waals surface area (Å²) in [5.74, 6) is -0.299. The molecule has 2 aromatic rings. The van der Waals surface area contributed by atoms with Crippen LogP contribution < -0.4 is 5.32 Å². The molecule has 1 aromatic carbocycles. The summed E-state index contributed by atoms with van der Waals surface area (Å²) in [4.78, 5) is 4.19. The standard InChI is InChI=1S/C16H18ClFN2/c1-3-7-20-16(12-8-11(2)9-19-10-12)15-13(17)5-4-6-14(15)18/h4-6,8-10,16,20H,3,7H2,1-2H3. The quantitative estimate of drug-likeness (QED) is 0.890. The van der Waals surface area contributed by atoms with E-state index in [1.807, 2.05) is 13.0 Å². The van der Waals surface area contributed by atoms with Crippen LogP contribution in [-0.2, 0) is 0 Å². The van der Waals surface area contributed by atoms with E-state index in [9.17, 15) is 4.39 Å². The summed E-state index contributed by atoms with van der Waals surface area (Å²) < 4.78 is 14.2. The van der Waals surface area contributed by atoms with Crippen LogP contribution in [0.1, 0.15) is 36.1 Å². The van der Waals surface area contributed by atoms with E-state index in [4.69, 9.17) is 11.6 Å². The molecule has 20 heavy (non-hydrogen) atoms. The lowest BCUT2D eigenvalue weighted by Crippen LogP contribution is -2.24. The van der Waals surface area contributed by atoms with Gasteiger partial charge in [0.25, 0.3) is 0 Å². The van der Waals surface area contributed by atoms with E-state index in [-0.39, 0.29) is 11.9 Å². The van der Waals surface area contributed by atoms with Gasteiger partial charge in [-0.05, 0) is 43.1 Å². The summed E-state index contributed by atoms with van der Waals surface area (Å²) in [7, 11) is 0. The van der Waals surface area contributed by atoms with Crippen LogP contribution in [0.2, 0.25) is 5.02 Å². The number of nitrogens with one attached hydrogen (secondary N) is 1. The molecule has 0 spiro atoms. The Hall–Kier alpha value is -1.45. The second-order valence-electron chi connectivity index (χ2n) is 4.82. The second-order valence-corrected chi connectivity index (χ2v) is 5.23. The topological polar surface area (TPSA) is 24.9 Å². The maximum atomic E-state index is 14.2. The number of pyridine rings is 1. The van der Waals surface area contributed by atoms with Crippen LogP contribution in [0.25, 0.3) is 0 Å². The van der Waals surface area contributed by atoms with Gasteiger partial charge in [0, 0.05) is 23.0 Å². The summed E-state index contributed by atoms with van der Waals surface area (Å²) in [6.45, 7) is 4.82. The zero-order valence-electron chi connectivity index (χ0n) is 11.7. The van der Waals surface area contributed by atoms with Crippen molar-refractivity contribution in [1.82, 2.24) is 10.3 Å². The maximum absolute atomic E-state index is 14.2. The summed E-state index contributed by atoms with van der Waals surface area (Å²) in [5.41, 5.74) is 2.44. The monoisotopic (exact) mass is 292 g/mol. The fourth-order valence-corrected chi connectivity index (χ4v) is 2.47. The normalized spacial score (nSPS) is 12.4. The first kappa shape index (κ1) is 14.9. The molecule has 1 heterocycles. The molecule has 1 aromatic heterocycles. The van der Waals surface area contributed by atoms with E-state index in [2.05, 4.69) is 17.2 Å². The lowest BCUT2D eigenvalue weighted by Gasteiger charge is -2.21. The number of rotatable bonds is 5. The molecular weight excluding hydrogens is 275 g/mol. The third-order valence-corrected chi connectivity index (χ3v) is 3.45. The predicted octanol–water partition coefficient (Wildman–Crippen LogP) is 4.27. The Labute approximate surface area is 124 Å². The molecule has 106 valence electrons. The molecule has 0 saturated carbocycles. The zero-order valence-corrected chi connectivity index (χ0v) is 12.4. The van der Waals surface area contributed by atoms with Crippen LogP contribution in [0.4, 0.5) is 4.39 Å². The van der Waals surface area contributed by atoms with Gasteiger partial charge >= 0.3 is 0 Å². The minimum absolute atomic E-state index is 0.281. The van der Waals surface area contributed by atoms with Gasteiger partial charge in [-0.3, -0.25) is 4.98 Å². The highest BCUT2D eigenvalue weighted by Crippen LogP contribution is 2.30. The van der Waals surface area contributed by atoms with E-state index in [1.165, 1.54) is 6.07 Å². The highest BCUT2D eigenvalue weighted by molar-refractivity contribution is 6.31. The first-order valence-corrected chi connectivity index (χ1v) is 7.10. The van der Waals surface area contributed by atoms with Crippen molar-refractivity contribution in [3.8, 4) is 0 Å². The Morgan fingerprint density at radius 2 is 2.15 bits per heavy atom. The van der Waals surface area contributed by atoms with Crippen LogP contribution in [0, 0.1) is 12.7 Å². The lowest BCUT2D eigenvalue weighted by molar-refractivity contribution is 0.546. The molecule has 4 heteroatoms. The van der Waals surface area contributed by atoms with Gasteiger partial charge in [-0.25, -0.2) is 4.39 Å². The van der Waals surface area contributed by atoms with E-state index < -0.39 is 0 Å². The highest BCUT2D eigenvalue weighted by Gasteiger charge is 2.20. The minimum Gasteiger partial charge on any atom is -0.306 e. The van der Waals surface area contributed by atoms with Gasteiger partial charge < -0.3 is 5.32 Å². The summed E-state index contributed by atoms with van der Waals surface area (Å²) in [6.07, 6.45) is 4.49. The molecule has 0 aliphatic carbocycles. The van der Waals surface area contributed by atoms with Gasteiger partial charge in [0.2, 0.25) is 0 Å². The van der Waals surface area contributed by atoms with Crippen molar-refractivity contribution in [2.45, 2.75) is 26.3 Å². The van der Waals surface area contributed by atoms with E-state index in [0.29, 0.717) is 10.6 Å². The molecule has 1 unspecified atom stereocenters. The lowest BCUT2D eigenvalue weighted by atomic mass is 9.98. The van der Waals surface area contributed by atoms with Crippen molar-refractivity contribution >= 4 is 11.6 Å². The van der Waals surface area contributed by atoms with Crippen molar-refractivity contribution in [2.75, 3.05) is 6.54 Å². The van der Waals surface area contributed by atoms with Crippen molar-refractivity contribution in [3.63, 3.8) is 0 Å². The number of aryl methyl sites for hydroxylation is 1.